The van der Waals surface area contributed by atoms with E-state index in [1.54, 1.807) is 0 Å². The highest BCUT2D eigenvalue weighted by molar-refractivity contribution is 9.10. The first-order valence-corrected chi connectivity index (χ1v) is 9.10. The third-order valence-electron chi connectivity index (χ3n) is 4.48. The molecule has 0 spiro atoms. The van der Waals surface area contributed by atoms with Crippen molar-refractivity contribution < 1.29 is 4.79 Å². The van der Waals surface area contributed by atoms with Crippen molar-refractivity contribution in [2.24, 2.45) is 0 Å². The monoisotopic (exact) mass is 390 g/mol. The van der Waals surface area contributed by atoms with Gasteiger partial charge in [0.15, 0.2) is 0 Å². The number of nitrogens with zero attached hydrogens (tertiary/aromatic N) is 4. The number of halogens is 1. The van der Waals surface area contributed by atoms with Crippen molar-refractivity contribution in [2.45, 2.75) is 20.4 Å². The molecule has 1 aromatic heterocycles. The molecule has 1 amide bonds. The fraction of sp³-hybridized carbons (Fsp3) is 0.444. The van der Waals surface area contributed by atoms with Gasteiger partial charge in [0, 0.05) is 48.5 Å². The fourth-order valence-corrected chi connectivity index (χ4v) is 3.35. The minimum atomic E-state index is 0.126. The van der Waals surface area contributed by atoms with Crippen LogP contribution < -0.4 is 0 Å². The maximum absolute atomic E-state index is 12.5. The number of benzene rings is 1. The van der Waals surface area contributed by atoms with Crippen molar-refractivity contribution in [1.29, 1.82) is 0 Å². The van der Waals surface area contributed by atoms with Gasteiger partial charge < -0.3 is 4.90 Å². The standard InChI is InChI=1S/C18H23BrN4O/c1-14-13-15(2)23(20-14)12-9-21-7-10-22(11-8-21)18(24)16-3-5-17(19)6-4-16/h3-6,13H,7-12H2,1-2H3. The van der Waals surface area contributed by atoms with Gasteiger partial charge in [-0.25, -0.2) is 0 Å². The molecule has 0 atom stereocenters. The van der Waals surface area contributed by atoms with Crippen LogP contribution in [0.25, 0.3) is 0 Å². The summed E-state index contributed by atoms with van der Waals surface area (Å²) in [7, 11) is 0. The molecule has 1 aromatic carbocycles. The lowest BCUT2D eigenvalue weighted by Gasteiger charge is -2.34. The van der Waals surface area contributed by atoms with Crippen LogP contribution >= 0.6 is 15.9 Å². The summed E-state index contributed by atoms with van der Waals surface area (Å²) >= 11 is 3.40. The molecule has 2 heterocycles. The van der Waals surface area contributed by atoms with Crippen molar-refractivity contribution in [3.8, 4) is 0 Å². The molecule has 1 fully saturated rings. The van der Waals surface area contributed by atoms with E-state index in [9.17, 15) is 4.79 Å². The van der Waals surface area contributed by atoms with Gasteiger partial charge in [-0.3, -0.25) is 14.4 Å². The molecule has 2 aromatic rings. The van der Waals surface area contributed by atoms with Crippen LogP contribution in [0.1, 0.15) is 21.7 Å². The molecular formula is C18H23BrN4O. The number of carbonyl (C=O) groups excluding carboxylic acids is 1. The maximum atomic E-state index is 12.5. The summed E-state index contributed by atoms with van der Waals surface area (Å²) < 4.78 is 3.06. The van der Waals surface area contributed by atoms with E-state index in [-0.39, 0.29) is 5.91 Å². The normalized spacial score (nSPS) is 15.7. The van der Waals surface area contributed by atoms with Gasteiger partial charge in [0.25, 0.3) is 5.91 Å². The molecule has 0 unspecified atom stereocenters. The Morgan fingerprint density at radius 3 is 2.33 bits per heavy atom. The summed E-state index contributed by atoms with van der Waals surface area (Å²) in [6, 6.07) is 9.69. The van der Waals surface area contributed by atoms with Gasteiger partial charge in [0.1, 0.15) is 0 Å². The van der Waals surface area contributed by atoms with E-state index in [1.165, 1.54) is 5.69 Å². The number of aromatic nitrogens is 2. The first kappa shape index (κ1) is 17.2. The van der Waals surface area contributed by atoms with Crippen LogP contribution in [0.2, 0.25) is 0 Å². The second-order valence-corrected chi connectivity index (χ2v) is 7.21. The van der Waals surface area contributed by atoms with Crippen molar-refractivity contribution in [3.05, 3.63) is 51.8 Å². The van der Waals surface area contributed by atoms with Gasteiger partial charge >= 0.3 is 0 Å². The van der Waals surface area contributed by atoms with Crippen LogP contribution in [0.4, 0.5) is 0 Å². The molecule has 0 bridgehead atoms. The highest BCUT2D eigenvalue weighted by Gasteiger charge is 2.22. The van der Waals surface area contributed by atoms with Crippen molar-refractivity contribution >= 4 is 21.8 Å². The summed E-state index contributed by atoms with van der Waals surface area (Å²) in [5, 5.41) is 4.51. The highest BCUT2D eigenvalue weighted by Crippen LogP contribution is 2.14. The Bertz CT molecular complexity index is 702. The molecule has 6 heteroatoms. The molecular weight excluding hydrogens is 368 g/mol. The maximum Gasteiger partial charge on any atom is 0.253 e. The number of hydrogen-bond donors (Lipinski definition) is 0. The second kappa shape index (κ2) is 7.49. The molecule has 128 valence electrons. The number of hydrogen-bond acceptors (Lipinski definition) is 3. The first-order chi connectivity index (χ1) is 11.5. The first-order valence-electron chi connectivity index (χ1n) is 8.31. The Kier molecular flexibility index (Phi) is 5.36. The number of carbonyl (C=O) groups is 1. The van der Waals surface area contributed by atoms with E-state index in [4.69, 9.17) is 0 Å². The third kappa shape index (κ3) is 4.05. The zero-order valence-corrected chi connectivity index (χ0v) is 15.8. The predicted octanol–water partition coefficient (Wildman–Crippen LogP) is 2.72. The Balaban J connectivity index is 1.49. The van der Waals surface area contributed by atoms with Crippen molar-refractivity contribution in [1.82, 2.24) is 19.6 Å². The summed E-state index contributed by atoms with van der Waals surface area (Å²) in [6.45, 7) is 9.40. The summed E-state index contributed by atoms with van der Waals surface area (Å²) in [5.74, 6) is 0.126. The smallest absolute Gasteiger partial charge is 0.253 e. The molecule has 0 saturated carbocycles. The largest absolute Gasteiger partial charge is 0.336 e. The minimum Gasteiger partial charge on any atom is -0.336 e. The Labute approximate surface area is 151 Å². The molecule has 0 N–H and O–H groups in total. The van der Waals surface area contributed by atoms with Crippen LogP contribution in [0.5, 0.6) is 0 Å². The van der Waals surface area contributed by atoms with Crippen LogP contribution in [0.15, 0.2) is 34.8 Å². The predicted molar refractivity (Wildman–Crippen MR) is 98.2 cm³/mol. The molecule has 1 aliphatic heterocycles. The molecule has 1 aliphatic rings. The Morgan fingerprint density at radius 2 is 1.75 bits per heavy atom. The van der Waals surface area contributed by atoms with Crippen LogP contribution in [-0.2, 0) is 6.54 Å². The topological polar surface area (TPSA) is 41.4 Å². The quantitative estimate of drug-likeness (QED) is 0.805. The highest BCUT2D eigenvalue weighted by atomic mass is 79.9. The number of piperazine rings is 1. The fourth-order valence-electron chi connectivity index (χ4n) is 3.09. The van der Waals surface area contributed by atoms with Gasteiger partial charge in [0.05, 0.1) is 12.2 Å². The van der Waals surface area contributed by atoms with E-state index in [2.05, 4.69) is 43.6 Å². The van der Waals surface area contributed by atoms with E-state index >= 15 is 0 Å². The SMILES string of the molecule is Cc1cc(C)n(CCN2CCN(C(=O)c3ccc(Br)cc3)CC2)n1. The molecule has 24 heavy (non-hydrogen) atoms. The summed E-state index contributed by atoms with van der Waals surface area (Å²) in [4.78, 5) is 16.9. The van der Waals surface area contributed by atoms with E-state index in [0.717, 1.165) is 55.0 Å². The van der Waals surface area contributed by atoms with Gasteiger partial charge in [-0.2, -0.15) is 5.10 Å². The van der Waals surface area contributed by atoms with Gasteiger partial charge in [0.2, 0.25) is 0 Å². The summed E-state index contributed by atoms with van der Waals surface area (Å²) in [6.07, 6.45) is 0. The molecule has 3 rings (SSSR count). The van der Waals surface area contributed by atoms with Crippen molar-refractivity contribution in [2.75, 3.05) is 32.7 Å². The van der Waals surface area contributed by atoms with E-state index in [0.29, 0.717) is 0 Å². The lowest BCUT2D eigenvalue weighted by molar-refractivity contribution is 0.0631. The lowest BCUT2D eigenvalue weighted by atomic mass is 10.2. The number of aryl methyl sites for hydroxylation is 2. The molecule has 1 saturated heterocycles. The molecule has 0 radical (unpaired) electrons. The minimum absolute atomic E-state index is 0.126. The Morgan fingerprint density at radius 1 is 1.08 bits per heavy atom. The average molecular weight is 391 g/mol. The Hall–Kier alpha value is -1.66. The van der Waals surface area contributed by atoms with Gasteiger partial charge in [-0.15, -0.1) is 0 Å². The molecule has 0 aliphatic carbocycles. The number of amides is 1. The summed E-state index contributed by atoms with van der Waals surface area (Å²) in [5.41, 5.74) is 3.03. The lowest BCUT2D eigenvalue weighted by Crippen LogP contribution is -2.49. The average Bonchev–Trinajstić information content (AvgIpc) is 2.91. The van der Waals surface area contributed by atoms with Crippen molar-refractivity contribution in [3.63, 3.8) is 0 Å². The zero-order chi connectivity index (χ0) is 17.1. The van der Waals surface area contributed by atoms with Crippen LogP contribution in [-0.4, -0.2) is 58.2 Å². The van der Waals surface area contributed by atoms with Crippen LogP contribution in [0.3, 0.4) is 0 Å². The van der Waals surface area contributed by atoms with Gasteiger partial charge in [-0.05, 0) is 44.2 Å². The van der Waals surface area contributed by atoms with E-state index in [1.807, 2.05) is 36.1 Å². The molecule has 5 nitrogen and oxygen atoms in total. The van der Waals surface area contributed by atoms with E-state index < -0.39 is 0 Å². The number of rotatable bonds is 4. The zero-order valence-electron chi connectivity index (χ0n) is 14.2. The van der Waals surface area contributed by atoms with Gasteiger partial charge in [-0.1, -0.05) is 15.9 Å². The van der Waals surface area contributed by atoms with Crippen LogP contribution in [0, 0.1) is 13.8 Å². The third-order valence-corrected chi connectivity index (χ3v) is 5.01. The second-order valence-electron chi connectivity index (χ2n) is 6.29.